The van der Waals surface area contributed by atoms with Crippen molar-refractivity contribution < 1.29 is 19.1 Å². The zero-order valence-electron chi connectivity index (χ0n) is 10.3. The summed E-state index contributed by atoms with van der Waals surface area (Å²) in [7, 11) is 1.35. The van der Waals surface area contributed by atoms with E-state index in [2.05, 4.69) is 15.0 Å². The molecule has 0 saturated carbocycles. The molecule has 1 atom stereocenters. The lowest BCUT2D eigenvalue weighted by Crippen LogP contribution is -2.31. The van der Waals surface area contributed by atoms with Crippen LogP contribution in [0.4, 0.5) is 5.82 Å². The number of esters is 1. The quantitative estimate of drug-likeness (QED) is 0.841. The molecule has 8 heteroatoms. The van der Waals surface area contributed by atoms with Gasteiger partial charge in [0.05, 0.1) is 10.0 Å². The Morgan fingerprint density at radius 2 is 2.16 bits per heavy atom. The molecule has 1 aromatic rings. The first-order chi connectivity index (χ1) is 8.93. The van der Waals surface area contributed by atoms with Gasteiger partial charge in [0.1, 0.15) is 6.61 Å². The number of ether oxygens (including phenoxy) is 2. The summed E-state index contributed by atoms with van der Waals surface area (Å²) in [4.78, 5) is 26.7. The fourth-order valence-corrected chi connectivity index (χ4v) is 1.55. The number of hydrogen-bond acceptors (Lipinski definition) is 5. The molecule has 0 radical (unpaired) electrons. The van der Waals surface area contributed by atoms with Crippen molar-refractivity contribution in [1.29, 1.82) is 0 Å². The number of pyridine rings is 1. The molecule has 0 spiro atoms. The van der Waals surface area contributed by atoms with E-state index in [0.717, 1.165) is 0 Å². The minimum Gasteiger partial charge on any atom is -0.451 e. The lowest BCUT2D eigenvalue weighted by atomic mass is 10.3. The third-order valence-electron chi connectivity index (χ3n) is 1.99. The lowest BCUT2D eigenvalue weighted by molar-refractivity contribution is -0.156. The van der Waals surface area contributed by atoms with Crippen molar-refractivity contribution in [3.8, 4) is 0 Å². The van der Waals surface area contributed by atoms with Gasteiger partial charge in [0, 0.05) is 13.3 Å². The van der Waals surface area contributed by atoms with Gasteiger partial charge in [-0.05, 0) is 13.0 Å². The van der Waals surface area contributed by atoms with E-state index in [1.807, 2.05) is 0 Å². The minimum atomic E-state index is -0.990. The van der Waals surface area contributed by atoms with Crippen molar-refractivity contribution in [2.24, 2.45) is 0 Å². The molecule has 1 amide bonds. The smallest absolute Gasteiger partial charge is 0.332 e. The lowest BCUT2D eigenvalue weighted by Gasteiger charge is -2.13. The van der Waals surface area contributed by atoms with Crippen molar-refractivity contribution >= 4 is 40.9 Å². The van der Waals surface area contributed by atoms with E-state index in [1.54, 1.807) is 0 Å². The van der Waals surface area contributed by atoms with Gasteiger partial charge in [-0.2, -0.15) is 0 Å². The zero-order chi connectivity index (χ0) is 14.4. The summed E-state index contributed by atoms with van der Waals surface area (Å²) < 4.78 is 9.40. The molecular weight excluding hydrogens is 295 g/mol. The maximum Gasteiger partial charge on any atom is 0.332 e. The average Bonchev–Trinajstić information content (AvgIpc) is 2.32. The highest BCUT2D eigenvalue weighted by Gasteiger charge is 2.19. The SMILES string of the molecule is COCC(=O)O[C@H](C)C(=O)Nc1ncc(Cl)cc1Cl. The molecule has 0 fully saturated rings. The maximum atomic E-state index is 11.7. The number of methoxy groups -OCH3 is 1. The molecule has 1 rings (SSSR count). The van der Waals surface area contributed by atoms with Crippen molar-refractivity contribution in [1.82, 2.24) is 4.98 Å². The number of hydrogen-bond donors (Lipinski definition) is 1. The number of halogens is 2. The van der Waals surface area contributed by atoms with Crippen LogP contribution in [0.15, 0.2) is 12.3 Å². The second-order valence-electron chi connectivity index (χ2n) is 3.54. The normalized spacial score (nSPS) is 11.8. The van der Waals surface area contributed by atoms with Gasteiger partial charge in [0.25, 0.3) is 5.91 Å². The topological polar surface area (TPSA) is 77.5 Å². The highest BCUT2D eigenvalue weighted by Crippen LogP contribution is 2.22. The van der Waals surface area contributed by atoms with E-state index in [4.69, 9.17) is 27.9 Å². The molecule has 0 bridgehead atoms. The number of carbonyl (C=O) groups excluding carboxylic acids is 2. The van der Waals surface area contributed by atoms with E-state index in [9.17, 15) is 9.59 Å². The molecule has 0 aromatic carbocycles. The van der Waals surface area contributed by atoms with Crippen molar-refractivity contribution in [2.75, 3.05) is 19.0 Å². The largest absolute Gasteiger partial charge is 0.451 e. The summed E-state index contributed by atoms with van der Waals surface area (Å²) >= 11 is 11.5. The van der Waals surface area contributed by atoms with Crippen LogP contribution in [-0.2, 0) is 19.1 Å². The number of nitrogens with zero attached hydrogens (tertiary/aromatic N) is 1. The highest BCUT2D eigenvalue weighted by molar-refractivity contribution is 6.36. The molecule has 0 aliphatic heterocycles. The predicted molar refractivity (Wildman–Crippen MR) is 70.3 cm³/mol. The first-order valence-corrected chi connectivity index (χ1v) is 6.00. The van der Waals surface area contributed by atoms with Crippen molar-refractivity contribution in [3.63, 3.8) is 0 Å². The van der Waals surface area contributed by atoms with Crippen LogP contribution in [0.5, 0.6) is 0 Å². The number of rotatable bonds is 5. The van der Waals surface area contributed by atoms with Crippen LogP contribution in [0.2, 0.25) is 10.0 Å². The van der Waals surface area contributed by atoms with E-state index in [1.165, 1.54) is 26.3 Å². The zero-order valence-corrected chi connectivity index (χ0v) is 11.8. The van der Waals surface area contributed by atoms with Crippen LogP contribution in [0.3, 0.4) is 0 Å². The number of aromatic nitrogens is 1. The van der Waals surface area contributed by atoms with Crippen molar-refractivity contribution in [3.05, 3.63) is 22.3 Å². The van der Waals surface area contributed by atoms with E-state index < -0.39 is 18.0 Å². The molecule has 0 aliphatic carbocycles. The van der Waals surface area contributed by atoms with E-state index in [-0.39, 0.29) is 17.4 Å². The number of carbonyl (C=O) groups is 2. The molecule has 0 saturated heterocycles. The summed E-state index contributed by atoms with van der Waals surface area (Å²) in [5, 5.41) is 2.97. The predicted octanol–water partition coefficient (Wildman–Crippen LogP) is 1.90. The molecule has 104 valence electrons. The van der Waals surface area contributed by atoms with Gasteiger partial charge in [-0.15, -0.1) is 0 Å². The summed E-state index contributed by atoms with van der Waals surface area (Å²) in [6.45, 7) is 1.20. The molecule has 1 aromatic heterocycles. The first kappa shape index (κ1) is 15.7. The molecule has 1 heterocycles. The Kier molecular flexibility index (Phi) is 6.01. The van der Waals surface area contributed by atoms with Gasteiger partial charge in [0.15, 0.2) is 11.9 Å². The Bertz CT molecular complexity index is 482. The van der Waals surface area contributed by atoms with Gasteiger partial charge in [0.2, 0.25) is 0 Å². The van der Waals surface area contributed by atoms with Gasteiger partial charge < -0.3 is 14.8 Å². The third-order valence-corrected chi connectivity index (χ3v) is 2.48. The van der Waals surface area contributed by atoms with Crippen LogP contribution < -0.4 is 5.32 Å². The molecule has 19 heavy (non-hydrogen) atoms. The molecule has 1 N–H and O–H groups in total. The summed E-state index contributed by atoms with van der Waals surface area (Å²) in [5.74, 6) is -1.05. The van der Waals surface area contributed by atoms with Crippen LogP contribution >= 0.6 is 23.2 Å². The van der Waals surface area contributed by atoms with Gasteiger partial charge in [-0.25, -0.2) is 9.78 Å². The molecule has 6 nitrogen and oxygen atoms in total. The fraction of sp³-hybridized carbons (Fsp3) is 0.364. The monoisotopic (exact) mass is 306 g/mol. The minimum absolute atomic E-state index is 0.144. The van der Waals surface area contributed by atoms with Crippen LogP contribution in [0, 0.1) is 0 Å². The number of anilines is 1. The van der Waals surface area contributed by atoms with Gasteiger partial charge >= 0.3 is 5.97 Å². The Morgan fingerprint density at radius 3 is 2.74 bits per heavy atom. The fourth-order valence-electron chi connectivity index (χ4n) is 1.13. The Morgan fingerprint density at radius 1 is 1.47 bits per heavy atom. The molecule has 0 aliphatic rings. The Labute approximate surface area is 120 Å². The van der Waals surface area contributed by atoms with E-state index >= 15 is 0 Å². The third kappa shape index (κ3) is 5.02. The van der Waals surface area contributed by atoms with Crippen LogP contribution in [0.25, 0.3) is 0 Å². The standard InChI is InChI=1S/C11H12Cl2N2O4/c1-6(19-9(16)5-18-2)11(17)15-10-8(13)3-7(12)4-14-10/h3-4,6H,5H2,1-2H3,(H,14,15,17)/t6-/m1/s1. The maximum absolute atomic E-state index is 11.7. The number of nitrogens with one attached hydrogen (secondary N) is 1. The molecular formula is C11H12Cl2N2O4. The van der Waals surface area contributed by atoms with Crippen LogP contribution in [0.1, 0.15) is 6.92 Å². The molecule has 0 unspecified atom stereocenters. The van der Waals surface area contributed by atoms with E-state index in [0.29, 0.717) is 5.02 Å². The Hall–Kier alpha value is -1.37. The highest BCUT2D eigenvalue weighted by atomic mass is 35.5. The van der Waals surface area contributed by atoms with Crippen LogP contribution in [-0.4, -0.2) is 36.7 Å². The summed E-state index contributed by atoms with van der Waals surface area (Å²) in [6.07, 6.45) is 0.348. The second-order valence-corrected chi connectivity index (χ2v) is 4.38. The average molecular weight is 307 g/mol. The van der Waals surface area contributed by atoms with Gasteiger partial charge in [-0.1, -0.05) is 23.2 Å². The Balaban J connectivity index is 2.61. The summed E-state index contributed by atoms with van der Waals surface area (Å²) in [6, 6.07) is 1.44. The first-order valence-electron chi connectivity index (χ1n) is 5.24. The second kappa shape index (κ2) is 7.28. The summed E-state index contributed by atoms with van der Waals surface area (Å²) in [5.41, 5.74) is 0. The number of amides is 1. The van der Waals surface area contributed by atoms with Crippen molar-refractivity contribution in [2.45, 2.75) is 13.0 Å². The van der Waals surface area contributed by atoms with Gasteiger partial charge in [-0.3, -0.25) is 4.79 Å².